The van der Waals surface area contributed by atoms with E-state index in [9.17, 15) is 18.0 Å². The number of hydrogen-bond donors (Lipinski definition) is 0. The number of hydrogen-bond acceptors (Lipinski definition) is 2. The van der Waals surface area contributed by atoms with Crippen molar-refractivity contribution in [3.63, 3.8) is 0 Å². The minimum Gasteiger partial charge on any atom is -0.460 e. The Morgan fingerprint density at radius 2 is 1.63 bits per heavy atom. The Labute approximate surface area is 110 Å². The molecule has 1 aromatic carbocycles. The summed E-state index contributed by atoms with van der Waals surface area (Å²) in [5.41, 5.74) is -0.551. The quantitative estimate of drug-likeness (QED) is 0.779. The number of aryl methyl sites for hydroxylation is 1. The summed E-state index contributed by atoms with van der Waals surface area (Å²) in [5.74, 6) is -0.354. The third kappa shape index (κ3) is 5.77. The molecule has 0 bridgehead atoms. The van der Waals surface area contributed by atoms with Crippen molar-refractivity contribution in [2.75, 3.05) is 0 Å². The summed E-state index contributed by atoms with van der Waals surface area (Å²) in [6, 6.07) is 4.80. The van der Waals surface area contributed by atoms with Crippen LogP contribution in [0.1, 0.15) is 38.3 Å². The van der Waals surface area contributed by atoms with Crippen LogP contribution < -0.4 is 0 Å². The molecule has 0 saturated carbocycles. The van der Waals surface area contributed by atoms with Crippen molar-refractivity contribution in [2.24, 2.45) is 0 Å². The van der Waals surface area contributed by atoms with Gasteiger partial charge in [0.25, 0.3) is 0 Å². The standard InChI is InChI=1S/C14H17F3O2/c1-13(2,3)19-12(18)9-6-10-4-7-11(8-5-10)14(15,16)17/h4-5,7-8H,6,9H2,1-3H3. The first-order chi connectivity index (χ1) is 8.58. The fourth-order valence-electron chi connectivity index (χ4n) is 1.50. The maximum atomic E-state index is 12.3. The normalized spacial score (nSPS) is 12.3. The third-order valence-electron chi connectivity index (χ3n) is 2.32. The van der Waals surface area contributed by atoms with E-state index in [2.05, 4.69) is 0 Å². The second-order valence-electron chi connectivity index (χ2n) is 5.28. The van der Waals surface area contributed by atoms with Gasteiger partial charge in [0.1, 0.15) is 5.60 Å². The smallest absolute Gasteiger partial charge is 0.416 e. The van der Waals surface area contributed by atoms with Gasteiger partial charge in [0.05, 0.1) is 5.56 Å². The third-order valence-corrected chi connectivity index (χ3v) is 2.32. The molecule has 106 valence electrons. The predicted molar refractivity (Wildman–Crippen MR) is 65.6 cm³/mol. The van der Waals surface area contributed by atoms with Crippen LogP contribution in [0, 0.1) is 0 Å². The molecule has 1 rings (SSSR count). The molecule has 0 atom stereocenters. The molecular weight excluding hydrogens is 257 g/mol. The van der Waals surface area contributed by atoms with Crippen LogP contribution in [0.15, 0.2) is 24.3 Å². The van der Waals surface area contributed by atoms with Crippen molar-refractivity contribution in [3.8, 4) is 0 Å². The van der Waals surface area contributed by atoms with Crippen LogP contribution in [0.25, 0.3) is 0 Å². The molecule has 0 aliphatic heterocycles. The van der Waals surface area contributed by atoms with Gasteiger partial charge < -0.3 is 4.74 Å². The molecule has 0 saturated heterocycles. The average Bonchev–Trinajstić information content (AvgIpc) is 2.23. The Bertz CT molecular complexity index is 427. The molecule has 0 fully saturated rings. The van der Waals surface area contributed by atoms with Crippen LogP contribution in [0.4, 0.5) is 13.2 Å². The summed E-state index contributed by atoms with van der Waals surface area (Å²) in [4.78, 5) is 11.5. The van der Waals surface area contributed by atoms with E-state index in [1.54, 1.807) is 20.8 Å². The largest absolute Gasteiger partial charge is 0.460 e. The van der Waals surface area contributed by atoms with E-state index in [4.69, 9.17) is 4.74 Å². The van der Waals surface area contributed by atoms with Crippen LogP contribution in [-0.2, 0) is 22.1 Å². The number of carbonyl (C=O) groups excluding carboxylic acids is 1. The number of halogens is 3. The number of carbonyl (C=O) groups is 1. The van der Waals surface area contributed by atoms with E-state index < -0.39 is 17.3 Å². The Morgan fingerprint density at radius 3 is 2.05 bits per heavy atom. The lowest BCUT2D eigenvalue weighted by molar-refractivity contribution is -0.154. The van der Waals surface area contributed by atoms with Crippen LogP contribution >= 0.6 is 0 Å². The molecule has 19 heavy (non-hydrogen) atoms. The lowest BCUT2D eigenvalue weighted by atomic mass is 10.1. The molecule has 2 nitrogen and oxygen atoms in total. The van der Waals surface area contributed by atoms with Gasteiger partial charge >= 0.3 is 12.1 Å². The minimum atomic E-state index is -4.33. The summed E-state index contributed by atoms with van der Waals surface area (Å²) in [6.07, 6.45) is -3.81. The average molecular weight is 274 g/mol. The SMILES string of the molecule is CC(C)(C)OC(=O)CCc1ccc(C(F)(F)F)cc1. The highest BCUT2D eigenvalue weighted by atomic mass is 19.4. The highest BCUT2D eigenvalue weighted by Crippen LogP contribution is 2.29. The van der Waals surface area contributed by atoms with Gasteiger partial charge in [-0.2, -0.15) is 13.2 Å². The number of alkyl halides is 3. The Hall–Kier alpha value is -1.52. The van der Waals surface area contributed by atoms with Crippen LogP contribution in [0.3, 0.4) is 0 Å². The molecule has 0 radical (unpaired) electrons. The van der Waals surface area contributed by atoms with Crippen molar-refractivity contribution in [2.45, 2.75) is 45.4 Å². The lowest BCUT2D eigenvalue weighted by Crippen LogP contribution is -2.24. The van der Waals surface area contributed by atoms with E-state index in [0.717, 1.165) is 12.1 Å². The monoisotopic (exact) mass is 274 g/mol. The van der Waals surface area contributed by atoms with Gasteiger partial charge in [-0.15, -0.1) is 0 Å². The lowest BCUT2D eigenvalue weighted by Gasteiger charge is -2.19. The zero-order valence-electron chi connectivity index (χ0n) is 11.2. The zero-order valence-corrected chi connectivity index (χ0v) is 11.2. The summed E-state index contributed by atoms with van der Waals surface area (Å²) in [6.45, 7) is 5.30. The van der Waals surface area contributed by atoms with Crippen LogP contribution in [0.2, 0.25) is 0 Å². The number of ether oxygens (including phenoxy) is 1. The Kier molecular flexibility index (Phi) is 4.61. The Balaban J connectivity index is 2.53. The summed E-state index contributed by atoms with van der Waals surface area (Å²) in [5, 5.41) is 0. The summed E-state index contributed by atoms with van der Waals surface area (Å²) >= 11 is 0. The molecule has 0 aromatic heterocycles. The molecule has 0 heterocycles. The second-order valence-corrected chi connectivity index (χ2v) is 5.28. The number of benzene rings is 1. The summed E-state index contributed by atoms with van der Waals surface area (Å²) in [7, 11) is 0. The van der Waals surface area contributed by atoms with Crippen molar-refractivity contribution in [1.82, 2.24) is 0 Å². The van der Waals surface area contributed by atoms with E-state index in [0.29, 0.717) is 12.0 Å². The fraction of sp³-hybridized carbons (Fsp3) is 0.500. The van der Waals surface area contributed by atoms with Crippen LogP contribution in [-0.4, -0.2) is 11.6 Å². The van der Waals surface area contributed by atoms with Gasteiger partial charge in [-0.1, -0.05) is 12.1 Å². The molecule has 0 unspecified atom stereocenters. The first kappa shape index (κ1) is 15.5. The molecule has 1 aromatic rings. The highest BCUT2D eigenvalue weighted by Gasteiger charge is 2.29. The number of esters is 1. The van der Waals surface area contributed by atoms with Crippen molar-refractivity contribution < 1.29 is 22.7 Å². The summed E-state index contributed by atoms with van der Waals surface area (Å²) < 4.78 is 42.2. The van der Waals surface area contributed by atoms with Gasteiger partial charge in [0.2, 0.25) is 0 Å². The fourth-order valence-corrected chi connectivity index (χ4v) is 1.50. The van der Waals surface area contributed by atoms with Gasteiger partial charge in [-0.3, -0.25) is 4.79 Å². The maximum Gasteiger partial charge on any atom is 0.416 e. The van der Waals surface area contributed by atoms with Gasteiger partial charge in [0.15, 0.2) is 0 Å². The second kappa shape index (κ2) is 5.63. The van der Waals surface area contributed by atoms with E-state index in [1.807, 2.05) is 0 Å². The van der Waals surface area contributed by atoms with E-state index in [1.165, 1.54) is 12.1 Å². The maximum absolute atomic E-state index is 12.3. The van der Waals surface area contributed by atoms with E-state index >= 15 is 0 Å². The molecule has 0 aliphatic carbocycles. The minimum absolute atomic E-state index is 0.155. The predicted octanol–water partition coefficient (Wildman–Crippen LogP) is 3.98. The first-order valence-corrected chi connectivity index (χ1v) is 5.96. The molecular formula is C14H17F3O2. The topological polar surface area (TPSA) is 26.3 Å². The van der Waals surface area contributed by atoms with Gasteiger partial charge in [-0.05, 0) is 44.9 Å². The molecule has 0 aliphatic rings. The Morgan fingerprint density at radius 1 is 1.11 bits per heavy atom. The van der Waals surface area contributed by atoms with Crippen LogP contribution in [0.5, 0.6) is 0 Å². The van der Waals surface area contributed by atoms with Gasteiger partial charge in [0, 0.05) is 6.42 Å². The van der Waals surface area contributed by atoms with Crippen molar-refractivity contribution in [3.05, 3.63) is 35.4 Å². The van der Waals surface area contributed by atoms with Gasteiger partial charge in [-0.25, -0.2) is 0 Å². The van der Waals surface area contributed by atoms with Crippen molar-refractivity contribution in [1.29, 1.82) is 0 Å². The first-order valence-electron chi connectivity index (χ1n) is 5.96. The molecule has 0 spiro atoms. The molecule has 0 N–H and O–H groups in total. The number of rotatable bonds is 3. The zero-order chi connectivity index (χ0) is 14.7. The molecule has 5 heteroatoms. The highest BCUT2D eigenvalue weighted by molar-refractivity contribution is 5.70. The van der Waals surface area contributed by atoms with E-state index in [-0.39, 0.29) is 12.4 Å². The van der Waals surface area contributed by atoms with Crippen molar-refractivity contribution >= 4 is 5.97 Å². The molecule has 0 amide bonds.